The summed E-state index contributed by atoms with van der Waals surface area (Å²) in [5, 5.41) is 6.85. The van der Waals surface area contributed by atoms with Crippen LogP contribution in [0, 0.1) is 5.41 Å². The van der Waals surface area contributed by atoms with Gasteiger partial charge in [0, 0.05) is 6.61 Å². The van der Waals surface area contributed by atoms with Crippen LogP contribution >= 0.6 is 0 Å². The fourth-order valence-electron chi connectivity index (χ4n) is 0.648. The Balaban J connectivity index is 2.86. The lowest BCUT2D eigenvalue weighted by molar-refractivity contribution is 0.0602. The molecule has 0 bridgehead atoms. The summed E-state index contributed by atoms with van der Waals surface area (Å²) in [6.45, 7) is 4.23. The summed E-state index contributed by atoms with van der Waals surface area (Å²) < 4.78 is 10.2. The van der Waals surface area contributed by atoms with Gasteiger partial charge in [0.05, 0.1) is 13.2 Å². The average Bonchev–Trinajstić information content (AvgIpc) is 2.02. The maximum atomic E-state index is 6.85. The third-order valence-corrected chi connectivity index (χ3v) is 1.27. The second-order valence-electron chi connectivity index (χ2n) is 2.54. The van der Waals surface area contributed by atoms with Crippen molar-refractivity contribution in [1.82, 2.24) is 0 Å². The molecule has 0 saturated heterocycles. The van der Waals surface area contributed by atoms with Crippen molar-refractivity contribution >= 4 is 5.84 Å². The standard InChI is InChI=1S/C8H18N2O2/c1-2-3-4-11-5-6-12-7-8(9)10/h2-7H2,1H3,(H3,9,10). The highest BCUT2D eigenvalue weighted by Gasteiger charge is 1.90. The Bertz CT molecular complexity index is 118. The number of nitrogens with two attached hydrogens (primary N) is 1. The fraction of sp³-hybridized carbons (Fsp3) is 0.875. The molecule has 3 N–H and O–H groups in total. The SMILES string of the molecule is CCCCOCCOCC(=N)N. The van der Waals surface area contributed by atoms with Crippen molar-refractivity contribution in [2.24, 2.45) is 5.73 Å². The van der Waals surface area contributed by atoms with E-state index >= 15 is 0 Å². The van der Waals surface area contributed by atoms with E-state index in [0.717, 1.165) is 19.4 Å². The molecule has 4 heteroatoms. The van der Waals surface area contributed by atoms with Crippen LogP contribution in [0.3, 0.4) is 0 Å². The van der Waals surface area contributed by atoms with E-state index in [9.17, 15) is 0 Å². The fourth-order valence-corrected chi connectivity index (χ4v) is 0.648. The van der Waals surface area contributed by atoms with Crippen LogP contribution in [0.1, 0.15) is 19.8 Å². The summed E-state index contributed by atoms with van der Waals surface area (Å²) in [4.78, 5) is 0. The highest BCUT2D eigenvalue weighted by atomic mass is 16.5. The lowest BCUT2D eigenvalue weighted by Crippen LogP contribution is -2.19. The molecule has 0 saturated carbocycles. The predicted octanol–water partition coefficient (Wildman–Crippen LogP) is 0.756. The normalized spacial score (nSPS) is 10.1. The molecule has 0 spiro atoms. The lowest BCUT2D eigenvalue weighted by atomic mass is 10.4. The van der Waals surface area contributed by atoms with E-state index in [-0.39, 0.29) is 12.4 Å². The lowest BCUT2D eigenvalue weighted by Gasteiger charge is -2.03. The van der Waals surface area contributed by atoms with E-state index in [1.54, 1.807) is 0 Å². The predicted molar refractivity (Wildman–Crippen MR) is 48.5 cm³/mol. The Morgan fingerprint density at radius 2 is 1.92 bits per heavy atom. The third-order valence-electron chi connectivity index (χ3n) is 1.27. The second-order valence-corrected chi connectivity index (χ2v) is 2.54. The van der Waals surface area contributed by atoms with Crippen LogP contribution < -0.4 is 5.73 Å². The van der Waals surface area contributed by atoms with Gasteiger partial charge in [0.1, 0.15) is 12.4 Å². The van der Waals surface area contributed by atoms with Crippen molar-refractivity contribution in [2.75, 3.05) is 26.4 Å². The molecule has 0 radical (unpaired) electrons. The van der Waals surface area contributed by atoms with Crippen LogP contribution in [0.4, 0.5) is 0 Å². The van der Waals surface area contributed by atoms with Crippen molar-refractivity contribution in [2.45, 2.75) is 19.8 Å². The molecule has 0 aliphatic rings. The Hall–Kier alpha value is -0.610. The molecule has 0 aromatic heterocycles. The number of amidine groups is 1. The van der Waals surface area contributed by atoms with Gasteiger partial charge in [-0.3, -0.25) is 5.41 Å². The third kappa shape index (κ3) is 9.39. The Morgan fingerprint density at radius 3 is 2.50 bits per heavy atom. The van der Waals surface area contributed by atoms with E-state index in [1.807, 2.05) is 0 Å². The number of hydrogen-bond acceptors (Lipinski definition) is 3. The van der Waals surface area contributed by atoms with Gasteiger partial charge in [-0.2, -0.15) is 0 Å². The van der Waals surface area contributed by atoms with Gasteiger partial charge in [-0.1, -0.05) is 13.3 Å². The van der Waals surface area contributed by atoms with Crippen LogP contribution in [0.2, 0.25) is 0 Å². The van der Waals surface area contributed by atoms with Crippen molar-refractivity contribution < 1.29 is 9.47 Å². The first kappa shape index (κ1) is 11.4. The highest BCUT2D eigenvalue weighted by molar-refractivity contribution is 5.78. The zero-order valence-corrected chi connectivity index (χ0v) is 7.64. The summed E-state index contributed by atoms with van der Waals surface area (Å²) in [7, 11) is 0. The first-order valence-corrected chi connectivity index (χ1v) is 4.25. The van der Waals surface area contributed by atoms with Gasteiger partial charge in [0.2, 0.25) is 0 Å². The summed E-state index contributed by atoms with van der Waals surface area (Å²) in [6, 6.07) is 0. The van der Waals surface area contributed by atoms with Crippen LogP contribution in [0.15, 0.2) is 0 Å². The number of hydrogen-bond donors (Lipinski definition) is 2. The minimum absolute atomic E-state index is 0.0589. The zero-order valence-electron chi connectivity index (χ0n) is 7.64. The molecule has 0 aromatic carbocycles. The number of rotatable bonds is 8. The molecule has 0 amide bonds. The maximum absolute atomic E-state index is 6.85. The molecule has 0 aliphatic carbocycles. The van der Waals surface area contributed by atoms with Crippen LogP contribution in [0.5, 0.6) is 0 Å². The van der Waals surface area contributed by atoms with Gasteiger partial charge in [-0.15, -0.1) is 0 Å². The second kappa shape index (κ2) is 8.49. The van der Waals surface area contributed by atoms with Gasteiger partial charge >= 0.3 is 0 Å². The number of unbranched alkanes of at least 4 members (excludes halogenated alkanes) is 1. The molecule has 0 fully saturated rings. The van der Waals surface area contributed by atoms with E-state index < -0.39 is 0 Å². The molecule has 0 aliphatic heterocycles. The Labute approximate surface area is 73.5 Å². The van der Waals surface area contributed by atoms with Crippen LogP contribution in [-0.2, 0) is 9.47 Å². The summed E-state index contributed by atoms with van der Waals surface area (Å²) in [5.74, 6) is 0.0589. The van der Waals surface area contributed by atoms with Crippen LogP contribution in [-0.4, -0.2) is 32.3 Å². The summed E-state index contributed by atoms with van der Waals surface area (Å²) in [6.07, 6.45) is 2.24. The minimum Gasteiger partial charge on any atom is -0.386 e. The first-order valence-electron chi connectivity index (χ1n) is 4.25. The van der Waals surface area contributed by atoms with Gasteiger partial charge in [0.25, 0.3) is 0 Å². The molecule has 0 aromatic rings. The Kier molecular flexibility index (Phi) is 8.05. The molecular weight excluding hydrogens is 156 g/mol. The quantitative estimate of drug-likeness (QED) is 0.324. The number of ether oxygens (including phenoxy) is 2. The summed E-state index contributed by atoms with van der Waals surface area (Å²) >= 11 is 0. The van der Waals surface area contributed by atoms with Gasteiger partial charge < -0.3 is 15.2 Å². The van der Waals surface area contributed by atoms with Crippen molar-refractivity contribution in [3.63, 3.8) is 0 Å². The minimum atomic E-state index is 0.0589. The molecule has 0 atom stereocenters. The van der Waals surface area contributed by atoms with Crippen molar-refractivity contribution in [1.29, 1.82) is 5.41 Å². The summed E-state index contributed by atoms with van der Waals surface area (Å²) in [5.41, 5.74) is 5.07. The monoisotopic (exact) mass is 174 g/mol. The molecule has 4 nitrogen and oxygen atoms in total. The average molecular weight is 174 g/mol. The zero-order chi connectivity index (χ0) is 9.23. The topological polar surface area (TPSA) is 68.3 Å². The van der Waals surface area contributed by atoms with Crippen molar-refractivity contribution in [3.05, 3.63) is 0 Å². The van der Waals surface area contributed by atoms with Crippen LogP contribution in [0.25, 0.3) is 0 Å². The largest absolute Gasteiger partial charge is 0.386 e. The maximum Gasteiger partial charge on any atom is 0.117 e. The number of nitrogens with one attached hydrogen (secondary N) is 1. The first-order chi connectivity index (χ1) is 5.77. The van der Waals surface area contributed by atoms with Gasteiger partial charge in [-0.05, 0) is 6.42 Å². The molecule has 0 heterocycles. The van der Waals surface area contributed by atoms with Crippen molar-refractivity contribution in [3.8, 4) is 0 Å². The molecule has 0 rings (SSSR count). The smallest absolute Gasteiger partial charge is 0.117 e. The molecule has 12 heavy (non-hydrogen) atoms. The van der Waals surface area contributed by atoms with E-state index in [0.29, 0.717) is 13.2 Å². The van der Waals surface area contributed by atoms with Gasteiger partial charge in [0.15, 0.2) is 0 Å². The van der Waals surface area contributed by atoms with E-state index in [2.05, 4.69) is 6.92 Å². The molecular formula is C8H18N2O2. The Morgan fingerprint density at radius 1 is 1.25 bits per heavy atom. The highest BCUT2D eigenvalue weighted by Crippen LogP contribution is 1.87. The molecule has 0 unspecified atom stereocenters. The van der Waals surface area contributed by atoms with E-state index in [1.165, 1.54) is 0 Å². The van der Waals surface area contributed by atoms with Gasteiger partial charge in [-0.25, -0.2) is 0 Å². The van der Waals surface area contributed by atoms with E-state index in [4.69, 9.17) is 20.6 Å². The molecule has 72 valence electrons.